The molecular weight excluding hydrogens is 182 g/mol. The number of pyridine rings is 1. The fraction of sp³-hybridized carbons (Fsp3) is 0.300. The van der Waals surface area contributed by atoms with Gasteiger partial charge in [0.15, 0.2) is 0 Å². The van der Waals surface area contributed by atoms with Crippen LogP contribution in [0.2, 0.25) is 0 Å². The smallest absolute Gasteiger partial charge is 0.375 e. The largest absolute Gasteiger partial charge is 0.460 e. The highest BCUT2D eigenvalue weighted by Gasteiger charge is 2.15. The number of carbonyl (C=O) groups is 2. The number of ketones is 1. The fourth-order valence-electron chi connectivity index (χ4n) is 0.951. The highest BCUT2D eigenvalue weighted by molar-refractivity contribution is 6.34. The van der Waals surface area contributed by atoms with Crippen LogP contribution in [0.25, 0.3) is 0 Å². The Hall–Kier alpha value is -1.71. The van der Waals surface area contributed by atoms with Gasteiger partial charge in [0.2, 0.25) is 5.78 Å². The van der Waals surface area contributed by atoms with Gasteiger partial charge < -0.3 is 4.74 Å². The summed E-state index contributed by atoms with van der Waals surface area (Å²) in [5.41, 5.74) is 0.575. The zero-order valence-electron chi connectivity index (χ0n) is 7.90. The number of hydrogen-bond donors (Lipinski definition) is 0. The Morgan fingerprint density at radius 2 is 2.21 bits per heavy atom. The number of esters is 1. The van der Waals surface area contributed by atoms with Gasteiger partial charge in [-0.15, -0.1) is 0 Å². The second-order valence-corrected chi connectivity index (χ2v) is 2.64. The topological polar surface area (TPSA) is 56.3 Å². The maximum Gasteiger partial charge on any atom is 0.375 e. The van der Waals surface area contributed by atoms with E-state index in [0.29, 0.717) is 5.69 Å². The van der Waals surface area contributed by atoms with E-state index in [2.05, 4.69) is 9.72 Å². The highest BCUT2D eigenvalue weighted by Crippen LogP contribution is 1.96. The van der Waals surface area contributed by atoms with Gasteiger partial charge in [0.25, 0.3) is 0 Å². The Bertz CT molecular complexity index is 321. The van der Waals surface area contributed by atoms with Crippen LogP contribution in [0, 0.1) is 0 Å². The van der Waals surface area contributed by atoms with Crippen molar-refractivity contribution in [1.29, 1.82) is 0 Å². The van der Waals surface area contributed by atoms with Crippen LogP contribution in [0.4, 0.5) is 0 Å². The molecule has 0 aliphatic heterocycles. The van der Waals surface area contributed by atoms with E-state index < -0.39 is 11.8 Å². The standard InChI is InChI=1S/C10H11NO3/c1-2-14-10(13)9(12)7-8-5-3-4-6-11-8/h3-6H,2,7H2,1H3. The van der Waals surface area contributed by atoms with Crippen molar-refractivity contribution in [2.24, 2.45) is 0 Å². The van der Waals surface area contributed by atoms with Gasteiger partial charge in [0, 0.05) is 11.9 Å². The molecule has 74 valence electrons. The van der Waals surface area contributed by atoms with Crippen molar-refractivity contribution in [2.75, 3.05) is 6.61 Å². The first-order valence-electron chi connectivity index (χ1n) is 4.34. The second-order valence-electron chi connectivity index (χ2n) is 2.64. The first kappa shape index (κ1) is 10.4. The summed E-state index contributed by atoms with van der Waals surface area (Å²) in [6, 6.07) is 5.20. The van der Waals surface area contributed by atoms with E-state index in [-0.39, 0.29) is 13.0 Å². The van der Waals surface area contributed by atoms with Crippen LogP contribution in [0.1, 0.15) is 12.6 Å². The SMILES string of the molecule is CCOC(=O)C(=O)Cc1ccccn1. The molecule has 1 rings (SSSR count). The predicted octanol–water partition coefficient (Wildman–Crippen LogP) is 0.756. The molecule has 4 heteroatoms. The van der Waals surface area contributed by atoms with Crippen molar-refractivity contribution < 1.29 is 14.3 Å². The molecule has 1 aromatic rings. The first-order chi connectivity index (χ1) is 6.74. The zero-order chi connectivity index (χ0) is 10.4. The van der Waals surface area contributed by atoms with Gasteiger partial charge in [-0.05, 0) is 19.1 Å². The van der Waals surface area contributed by atoms with E-state index in [0.717, 1.165) is 0 Å². The van der Waals surface area contributed by atoms with Crippen LogP contribution < -0.4 is 0 Å². The molecule has 0 saturated carbocycles. The fourth-order valence-corrected chi connectivity index (χ4v) is 0.951. The molecule has 1 aromatic heterocycles. The Morgan fingerprint density at radius 3 is 2.79 bits per heavy atom. The third-order valence-corrected chi connectivity index (χ3v) is 1.57. The first-order valence-corrected chi connectivity index (χ1v) is 4.34. The summed E-state index contributed by atoms with van der Waals surface area (Å²) in [6.07, 6.45) is 1.58. The number of Topliss-reactive ketones (excluding diaryl/α,β-unsaturated/α-hetero) is 1. The van der Waals surface area contributed by atoms with E-state index in [1.807, 2.05) is 0 Å². The van der Waals surface area contributed by atoms with Crippen LogP contribution in [0.15, 0.2) is 24.4 Å². The Kier molecular flexibility index (Phi) is 3.79. The van der Waals surface area contributed by atoms with Crippen LogP contribution >= 0.6 is 0 Å². The van der Waals surface area contributed by atoms with Gasteiger partial charge in [0.1, 0.15) is 0 Å². The molecule has 0 bridgehead atoms. The van der Waals surface area contributed by atoms with Crippen molar-refractivity contribution in [3.05, 3.63) is 30.1 Å². The van der Waals surface area contributed by atoms with E-state index in [9.17, 15) is 9.59 Å². The Labute approximate surface area is 81.9 Å². The summed E-state index contributed by atoms with van der Waals surface area (Å²) < 4.78 is 4.56. The van der Waals surface area contributed by atoms with E-state index in [4.69, 9.17) is 0 Å². The molecule has 0 N–H and O–H groups in total. The van der Waals surface area contributed by atoms with Gasteiger partial charge in [-0.1, -0.05) is 6.07 Å². The third-order valence-electron chi connectivity index (χ3n) is 1.57. The number of nitrogens with zero attached hydrogens (tertiary/aromatic N) is 1. The number of aromatic nitrogens is 1. The molecule has 4 nitrogen and oxygen atoms in total. The van der Waals surface area contributed by atoms with Crippen LogP contribution in [-0.4, -0.2) is 23.3 Å². The van der Waals surface area contributed by atoms with Gasteiger partial charge in [0.05, 0.1) is 13.0 Å². The molecule has 0 aliphatic rings. The maximum absolute atomic E-state index is 11.2. The minimum absolute atomic E-state index is 0.000324. The van der Waals surface area contributed by atoms with Crippen molar-refractivity contribution in [1.82, 2.24) is 4.98 Å². The molecule has 0 amide bonds. The van der Waals surface area contributed by atoms with E-state index >= 15 is 0 Å². The lowest BCUT2D eigenvalue weighted by molar-refractivity contribution is -0.153. The highest BCUT2D eigenvalue weighted by atomic mass is 16.5. The lowest BCUT2D eigenvalue weighted by Crippen LogP contribution is -2.19. The number of carbonyl (C=O) groups excluding carboxylic acids is 2. The Morgan fingerprint density at radius 1 is 1.43 bits per heavy atom. The van der Waals surface area contributed by atoms with Gasteiger partial charge in [-0.3, -0.25) is 9.78 Å². The molecule has 0 radical (unpaired) electrons. The lowest BCUT2D eigenvalue weighted by atomic mass is 10.2. The molecule has 0 aromatic carbocycles. The normalized spacial score (nSPS) is 9.50. The summed E-state index contributed by atoms with van der Waals surface area (Å²) in [5.74, 6) is -1.36. The van der Waals surface area contributed by atoms with Crippen LogP contribution in [0.5, 0.6) is 0 Å². The van der Waals surface area contributed by atoms with Crippen molar-refractivity contribution in [3.63, 3.8) is 0 Å². The molecule has 0 spiro atoms. The van der Waals surface area contributed by atoms with Crippen molar-refractivity contribution >= 4 is 11.8 Å². The predicted molar refractivity (Wildman–Crippen MR) is 49.6 cm³/mol. The monoisotopic (exact) mass is 193 g/mol. The second kappa shape index (κ2) is 5.11. The molecule has 0 unspecified atom stereocenters. The van der Waals surface area contributed by atoms with Crippen LogP contribution in [0.3, 0.4) is 0 Å². The lowest BCUT2D eigenvalue weighted by Gasteiger charge is -1.99. The van der Waals surface area contributed by atoms with Crippen molar-refractivity contribution in [2.45, 2.75) is 13.3 Å². The zero-order valence-corrected chi connectivity index (χ0v) is 7.90. The molecular formula is C10H11NO3. The average molecular weight is 193 g/mol. The van der Waals surface area contributed by atoms with E-state index in [1.165, 1.54) is 0 Å². The molecule has 0 fully saturated rings. The summed E-state index contributed by atoms with van der Waals surface area (Å²) >= 11 is 0. The minimum atomic E-state index is -0.793. The van der Waals surface area contributed by atoms with Gasteiger partial charge in [-0.2, -0.15) is 0 Å². The summed E-state index contributed by atoms with van der Waals surface area (Å²) in [6.45, 7) is 1.87. The minimum Gasteiger partial charge on any atom is -0.460 e. The summed E-state index contributed by atoms with van der Waals surface area (Å²) in [7, 11) is 0. The molecule has 14 heavy (non-hydrogen) atoms. The van der Waals surface area contributed by atoms with Gasteiger partial charge in [-0.25, -0.2) is 4.79 Å². The molecule has 0 atom stereocenters. The molecule has 0 aliphatic carbocycles. The number of rotatable bonds is 4. The van der Waals surface area contributed by atoms with E-state index in [1.54, 1.807) is 31.3 Å². The summed E-state index contributed by atoms with van der Waals surface area (Å²) in [5, 5.41) is 0. The Balaban J connectivity index is 2.53. The number of hydrogen-bond acceptors (Lipinski definition) is 4. The quantitative estimate of drug-likeness (QED) is 0.523. The molecule has 1 heterocycles. The maximum atomic E-state index is 11.2. The molecule has 0 saturated heterocycles. The average Bonchev–Trinajstić information content (AvgIpc) is 2.19. The third kappa shape index (κ3) is 2.97. The van der Waals surface area contributed by atoms with Gasteiger partial charge >= 0.3 is 5.97 Å². The van der Waals surface area contributed by atoms with Crippen LogP contribution in [-0.2, 0) is 20.7 Å². The summed E-state index contributed by atoms with van der Waals surface area (Å²) in [4.78, 5) is 26.1. The number of ether oxygens (including phenoxy) is 1. The van der Waals surface area contributed by atoms with Crippen molar-refractivity contribution in [3.8, 4) is 0 Å².